The molecule has 3 N–H and O–H groups in total. The average molecular weight is 314 g/mol. The van der Waals surface area contributed by atoms with Gasteiger partial charge in [0.05, 0.1) is 12.2 Å². The highest BCUT2D eigenvalue weighted by Gasteiger charge is 2.10. The van der Waals surface area contributed by atoms with E-state index in [2.05, 4.69) is 5.32 Å². The molecule has 0 spiro atoms. The molecule has 6 heteroatoms. The van der Waals surface area contributed by atoms with Crippen molar-refractivity contribution in [3.8, 4) is 5.75 Å². The molecule has 0 heterocycles. The summed E-state index contributed by atoms with van der Waals surface area (Å²) in [5.41, 5.74) is 6.71. The Morgan fingerprint density at radius 2 is 1.78 bits per heavy atom. The summed E-state index contributed by atoms with van der Waals surface area (Å²) < 4.78 is 10.8. The third-order valence-electron chi connectivity index (χ3n) is 3.02. The zero-order valence-corrected chi connectivity index (χ0v) is 12.7. The second kappa shape index (κ2) is 7.84. The molecular formula is C17H18N2O4. The standard InChI is InChI=1S/C17H18N2O4/c1-2-22-15-6-4-3-5-13(15)11-23-16(20)12-7-9-14(10-8-12)19-17(18)21/h3-10H,2,11H2,1H3,(H3,18,19,21). The largest absolute Gasteiger partial charge is 0.493 e. The van der Waals surface area contributed by atoms with E-state index < -0.39 is 12.0 Å². The zero-order valence-electron chi connectivity index (χ0n) is 12.7. The molecule has 0 radical (unpaired) electrons. The number of para-hydroxylation sites is 1. The van der Waals surface area contributed by atoms with E-state index in [-0.39, 0.29) is 6.61 Å². The molecule has 2 aromatic carbocycles. The maximum Gasteiger partial charge on any atom is 0.338 e. The van der Waals surface area contributed by atoms with Gasteiger partial charge in [0, 0.05) is 11.3 Å². The van der Waals surface area contributed by atoms with Crippen LogP contribution in [0.4, 0.5) is 10.5 Å². The molecular weight excluding hydrogens is 296 g/mol. The SMILES string of the molecule is CCOc1ccccc1COC(=O)c1ccc(NC(N)=O)cc1. The fourth-order valence-electron chi connectivity index (χ4n) is 1.98. The van der Waals surface area contributed by atoms with Crippen LogP contribution in [0, 0.1) is 0 Å². The van der Waals surface area contributed by atoms with Crippen LogP contribution in [-0.2, 0) is 11.3 Å². The van der Waals surface area contributed by atoms with Gasteiger partial charge in [0.25, 0.3) is 0 Å². The fourth-order valence-corrected chi connectivity index (χ4v) is 1.98. The normalized spacial score (nSPS) is 9.96. The quantitative estimate of drug-likeness (QED) is 0.802. The molecule has 2 rings (SSSR count). The van der Waals surface area contributed by atoms with Gasteiger partial charge >= 0.3 is 12.0 Å². The first-order valence-corrected chi connectivity index (χ1v) is 7.14. The van der Waals surface area contributed by atoms with Gasteiger partial charge in [0.1, 0.15) is 12.4 Å². The van der Waals surface area contributed by atoms with E-state index in [1.165, 1.54) is 0 Å². The van der Waals surface area contributed by atoms with E-state index >= 15 is 0 Å². The van der Waals surface area contributed by atoms with Gasteiger partial charge in [0.2, 0.25) is 0 Å². The third kappa shape index (κ3) is 4.74. The second-order valence-electron chi connectivity index (χ2n) is 4.68. The molecule has 120 valence electrons. The first-order chi connectivity index (χ1) is 11.1. The molecule has 0 atom stereocenters. The number of carbonyl (C=O) groups excluding carboxylic acids is 2. The highest BCUT2D eigenvalue weighted by molar-refractivity contribution is 5.91. The van der Waals surface area contributed by atoms with Gasteiger partial charge in [-0.2, -0.15) is 0 Å². The number of amides is 2. The van der Waals surface area contributed by atoms with E-state index in [4.69, 9.17) is 15.2 Å². The number of benzene rings is 2. The lowest BCUT2D eigenvalue weighted by atomic mass is 10.2. The highest BCUT2D eigenvalue weighted by atomic mass is 16.5. The number of anilines is 1. The molecule has 0 aliphatic rings. The van der Waals surface area contributed by atoms with E-state index in [1.54, 1.807) is 24.3 Å². The van der Waals surface area contributed by atoms with Crippen LogP contribution in [0.2, 0.25) is 0 Å². The summed E-state index contributed by atoms with van der Waals surface area (Å²) in [4.78, 5) is 22.8. The number of esters is 1. The van der Waals surface area contributed by atoms with Gasteiger partial charge in [-0.1, -0.05) is 18.2 Å². The Balaban J connectivity index is 1.98. The Morgan fingerprint density at radius 1 is 1.09 bits per heavy atom. The van der Waals surface area contributed by atoms with Crippen molar-refractivity contribution >= 4 is 17.7 Å². The first kappa shape index (κ1) is 16.4. The fraction of sp³-hybridized carbons (Fsp3) is 0.176. The van der Waals surface area contributed by atoms with Crippen molar-refractivity contribution in [2.24, 2.45) is 5.73 Å². The lowest BCUT2D eigenvalue weighted by Crippen LogP contribution is -2.19. The number of rotatable bonds is 6. The molecule has 2 aromatic rings. The highest BCUT2D eigenvalue weighted by Crippen LogP contribution is 2.19. The van der Waals surface area contributed by atoms with Gasteiger partial charge < -0.3 is 20.5 Å². The van der Waals surface area contributed by atoms with Gasteiger partial charge in [0.15, 0.2) is 0 Å². The number of nitrogens with one attached hydrogen (secondary N) is 1. The first-order valence-electron chi connectivity index (χ1n) is 7.14. The molecule has 23 heavy (non-hydrogen) atoms. The molecule has 0 fully saturated rings. The summed E-state index contributed by atoms with van der Waals surface area (Å²) in [7, 11) is 0. The minimum Gasteiger partial charge on any atom is -0.493 e. The van der Waals surface area contributed by atoms with E-state index in [1.807, 2.05) is 31.2 Å². The number of hydrogen-bond acceptors (Lipinski definition) is 4. The minimum atomic E-state index is -0.659. The summed E-state index contributed by atoms with van der Waals surface area (Å²) in [6, 6.07) is 13.0. The minimum absolute atomic E-state index is 0.121. The van der Waals surface area contributed by atoms with Crippen LogP contribution >= 0.6 is 0 Å². The molecule has 0 aliphatic carbocycles. The number of ether oxygens (including phenoxy) is 2. The van der Waals surface area contributed by atoms with Crippen molar-refractivity contribution in [3.63, 3.8) is 0 Å². The van der Waals surface area contributed by atoms with Crippen molar-refractivity contribution in [1.82, 2.24) is 0 Å². The maximum atomic E-state index is 12.0. The number of carbonyl (C=O) groups is 2. The topological polar surface area (TPSA) is 90.7 Å². The van der Waals surface area contributed by atoms with Crippen LogP contribution in [0.1, 0.15) is 22.8 Å². The van der Waals surface area contributed by atoms with Crippen molar-refractivity contribution in [2.45, 2.75) is 13.5 Å². The van der Waals surface area contributed by atoms with Crippen LogP contribution < -0.4 is 15.8 Å². The molecule has 0 saturated heterocycles. The Morgan fingerprint density at radius 3 is 2.43 bits per heavy atom. The van der Waals surface area contributed by atoms with Crippen LogP contribution in [0.5, 0.6) is 5.75 Å². The number of nitrogens with two attached hydrogens (primary N) is 1. The molecule has 0 saturated carbocycles. The number of urea groups is 1. The Hall–Kier alpha value is -3.02. The molecule has 6 nitrogen and oxygen atoms in total. The summed E-state index contributed by atoms with van der Waals surface area (Å²) in [5.74, 6) is 0.241. The van der Waals surface area contributed by atoms with Crippen molar-refractivity contribution in [3.05, 3.63) is 59.7 Å². The number of primary amides is 1. The molecule has 0 aromatic heterocycles. The Labute approximate surface area is 134 Å². The van der Waals surface area contributed by atoms with E-state index in [9.17, 15) is 9.59 Å². The Bertz CT molecular complexity index is 683. The summed E-state index contributed by atoms with van der Waals surface area (Å²) in [6.45, 7) is 2.56. The lowest BCUT2D eigenvalue weighted by Gasteiger charge is -2.10. The molecule has 0 unspecified atom stereocenters. The van der Waals surface area contributed by atoms with E-state index in [0.29, 0.717) is 23.6 Å². The predicted octanol–water partition coefficient (Wildman–Crippen LogP) is 2.93. The zero-order chi connectivity index (χ0) is 16.7. The van der Waals surface area contributed by atoms with Crippen LogP contribution in [0.3, 0.4) is 0 Å². The van der Waals surface area contributed by atoms with Crippen molar-refractivity contribution < 1.29 is 19.1 Å². The monoisotopic (exact) mass is 314 g/mol. The van der Waals surface area contributed by atoms with Gasteiger partial charge in [-0.25, -0.2) is 9.59 Å². The second-order valence-corrected chi connectivity index (χ2v) is 4.68. The van der Waals surface area contributed by atoms with Crippen molar-refractivity contribution in [1.29, 1.82) is 0 Å². The third-order valence-corrected chi connectivity index (χ3v) is 3.02. The number of hydrogen-bond donors (Lipinski definition) is 2. The molecule has 2 amide bonds. The summed E-state index contributed by atoms with van der Waals surface area (Å²) in [6.07, 6.45) is 0. The maximum absolute atomic E-state index is 12.0. The van der Waals surface area contributed by atoms with Crippen LogP contribution in [0.15, 0.2) is 48.5 Å². The van der Waals surface area contributed by atoms with Gasteiger partial charge in [-0.05, 0) is 37.3 Å². The van der Waals surface area contributed by atoms with Crippen LogP contribution in [0.25, 0.3) is 0 Å². The van der Waals surface area contributed by atoms with Gasteiger partial charge in [-0.3, -0.25) is 0 Å². The van der Waals surface area contributed by atoms with Gasteiger partial charge in [-0.15, -0.1) is 0 Å². The molecule has 0 bridgehead atoms. The molecule has 0 aliphatic heterocycles. The van der Waals surface area contributed by atoms with E-state index in [0.717, 1.165) is 5.56 Å². The summed E-state index contributed by atoms with van der Waals surface area (Å²) >= 11 is 0. The average Bonchev–Trinajstić information content (AvgIpc) is 2.54. The predicted molar refractivity (Wildman–Crippen MR) is 86.4 cm³/mol. The van der Waals surface area contributed by atoms with Crippen LogP contribution in [-0.4, -0.2) is 18.6 Å². The van der Waals surface area contributed by atoms with Crippen molar-refractivity contribution in [2.75, 3.05) is 11.9 Å². The summed E-state index contributed by atoms with van der Waals surface area (Å²) in [5, 5.41) is 2.42. The smallest absolute Gasteiger partial charge is 0.338 e. The Kier molecular flexibility index (Phi) is 5.57. The lowest BCUT2D eigenvalue weighted by molar-refractivity contribution is 0.0469.